The molecule has 0 aliphatic heterocycles. The first-order valence-corrected chi connectivity index (χ1v) is 6.19. The fraction of sp³-hybridized carbons (Fsp3) is 0.818. The van der Waals surface area contributed by atoms with E-state index in [-0.39, 0.29) is 6.04 Å². The van der Waals surface area contributed by atoms with Gasteiger partial charge in [-0.15, -0.1) is 11.6 Å². The highest BCUT2D eigenvalue weighted by Crippen LogP contribution is 2.23. The largest absolute Gasteiger partial charge is 0.335 e. The van der Waals surface area contributed by atoms with Gasteiger partial charge in [-0.3, -0.25) is 10.1 Å². The molecule has 5 heteroatoms. The first kappa shape index (κ1) is 13.3. The second kappa shape index (κ2) is 6.09. The van der Waals surface area contributed by atoms with Crippen LogP contribution in [0.3, 0.4) is 0 Å². The Balaban J connectivity index is 2.35. The molecule has 16 heavy (non-hydrogen) atoms. The number of hydrogen-bond acceptors (Lipinski definition) is 2. The van der Waals surface area contributed by atoms with E-state index in [1.807, 2.05) is 0 Å². The summed E-state index contributed by atoms with van der Waals surface area (Å²) in [4.78, 5) is 22.6. The van der Waals surface area contributed by atoms with Crippen molar-refractivity contribution >= 4 is 23.5 Å². The standard InChI is InChI=1S/C11H19ClN2O2/c1-7-5-3-4-6-9(7)13-11(16)14-10(15)8(2)12/h7-9H,3-6H2,1-2H3,(H2,13,14,15,16). The highest BCUT2D eigenvalue weighted by atomic mass is 35.5. The Morgan fingerprint density at radius 3 is 2.50 bits per heavy atom. The van der Waals surface area contributed by atoms with Crippen molar-refractivity contribution in [2.75, 3.05) is 0 Å². The molecular weight excluding hydrogens is 228 g/mol. The number of nitrogens with one attached hydrogen (secondary N) is 2. The van der Waals surface area contributed by atoms with Crippen LogP contribution >= 0.6 is 11.6 Å². The summed E-state index contributed by atoms with van der Waals surface area (Å²) in [5.41, 5.74) is 0. The van der Waals surface area contributed by atoms with Crippen molar-refractivity contribution in [2.45, 2.75) is 50.9 Å². The highest BCUT2D eigenvalue weighted by molar-refractivity contribution is 6.31. The van der Waals surface area contributed by atoms with Crippen LogP contribution in [-0.4, -0.2) is 23.4 Å². The summed E-state index contributed by atoms with van der Waals surface area (Å²) in [7, 11) is 0. The number of halogens is 1. The third-order valence-electron chi connectivity index (χ3n) is 3.03. The fourth-order valence-corrected chi connectivity index (χ4v) is 2.00. The number of carbonyl (C=O) groups excluding carboxylic acids is 2. The van der Waals surface area contributed by atoms with E-state index >= 15 is 0 Å². The van der Waals surface area contributed by atoms with Crippen LogP contribution in [0.2, 0.25) is 0 Å². The molecule has 4 nitrogen and oxygen atoms in total. The van der Waals surface area contributed by atoms with Gasteiger partial charge in [0.1, 0.15) is 5.38 Å². The van der Waals surface area contributed by atoms with Gasteiger partial charge in [0.15, 0.2) is 0 Å². The van der Waals surface area contributed by atoms with E-state index in [0.717, 1.165) is 19.3 Å². The molecule has 3 atom stereocenters. The zero-order valence-electron chi connectivity index (χ0n) is 9.75. The summed E-state index contributed by atoms with van der Waals surface area (Å²) in [5.74, 6) is 0.0191. The molecule has 1 rings (SSSR count). The molecule has 0 aromatic rings. The number of imide groups is 1. The van der Waals surface area contributed by atoms with Gasteiger partial charge in [0.2, 0.25) is 5.91 Å². The van der Waals surface area contributed by atoms with Gasteiger partial charge >= 0.3 is 6.03 Å². The molecule has 1 aliphatic carbocycles. The van der Waals surface area contributed by atoms with Gasteiger partial charge in [0, 0.05) is 6.04 Å². The minimum Gasteiger partial charge on any atom is -0.335 e. The van der Waals surface area contributed by atoms with Gasteiger partial charge in [-0.1, -0.05) is 19.8 Å². The Morgan fingerprint density at radius 2 is 1.94 bits per heavy atom. The van der Waals surface area contributed by atoms with E-state index < -0.39 is 17.3 Å². The van der Waals surface area contributed by atoms with Gasteiger partial charge in [0.05, 0.1) is 0 Å². The van der Waals surface area contributed by atoms with Crippen molar-refractivity contribution in [1.82, 2.24) is 10.6 Å². The summed E-state index contributed by atoms with van der Waals surface area (Å²) in [5, 5.41) is 4.37. The first-order valence-electron chi connectivity index (χ1n) is 5.76. The molecule has 0 bridgehead atoms. The predicted octanol–water partition coefficient (Wildman–Crippen LogP) is 2.02. The number of hydrogen-bond donors (Lipinski definition) is 2. The normalized spacial score (nSPS) is 26.9. The molecule has 0 saturated heterocycles. The third-order valence-corrected chi connectivity index (χ3v) is 3.22. The van der Waals surface area contributed by atoms with Crippen molar-refractivity contribution in [3.63, 3.8) is 0 Å². The number of urea groups is 1. The van der Waals surface area contributed by atoms with Crippen LogP contribution in [0, 0.1) is 5.92 Å². The lowest BCUT2D eigenvalue weighted by atomic mass is 9.86. The van der Waals surface area contributed by atoms with E-state index in [9.17, 15) is 9.59 Å². The smallest absolute Gasteiger partial charge is 0.321 e. The molecule has 0 spiro atoms. The lowest BCUT2D eigenvalue weighted by Crippen LogP contribution is -2.49. The van der Waals surface area contributed by atoms with E-state index in [1.54, 1.807) is 0 Å². The van der Waals surface area contributed by atoms with Gasteiger partial charge in [-0.05, 0) is 25.7 Å². The lowest BCUT2D eigenvalue weighted by Gasteiger charge is -2.29. The number of alkyl halides is 1. The Bertz CT molecular complexity index is 269. The topological polar surface area (TPSA) is 58.2 Å². The maximum Gasteiger partial charge on any atom is 0.321 e. The summed E-state index contributed by atoms with van der Waals surface area (Å²) in [6.07, 6.45) is 4.47. The van der Waals surface area contributed by atoms with Crippen molar-refractivity contribution in [3.05, 3.63) is 0 Å². The molecule has 3 unspecified atom stereocenters. The van der Waals surface area contributed by atoms with Crippen LogP contribution in [0.5, 0.6) is 0 Å². The van der Waals surface area contributed by atoms with Crippen LogP contribution in [0.15, 0.2) is 0 Å². The second-order valence-corrected chi connectivity index (χ2v) is 5.10. The molecule has 1 aliphatic rings. The van der Waals surface area contributed by atoms with Crippen molar-refractivity contribution in [1.29, 1.82) is 0 Å². The molecule has 0 aromatic heterocycles. The summed E-state index contributed by atoms with van der Waals surface area (Å²) in [6, 6.07) is -0.261. The average Bonchev–Trinajstić information content (AvgIpc) is 2.21. The van der Waals surface area contributed by atoms with Crippen LogP contribution in [-0.2, 0) is 4.79 Å². The first-order chi connectivity index (χ1) is 7.50. The minimum atomic E-state index is -0.686. The maximum atomic E-state index is 11.5. The average molecular weight is 247 g/mol. The van der Waals surface area contributed by atoms with E-state index in [0.29, 0.717) is 5.92 Å². The molecule has 1 saturated carbocycles. The van der Waals surface area contributed by atoms with Crippen LogP contribution < -0.4 is 10.6 Å². The zero-order valence-corrected chi connectivity index (χ0v) is 10.5. The summed E-state index contributed by atoms with van der Waals surface area (Å²) in [6.45, 7) is 3.66. The molecule has 0 heterocycles. The maximum absolute atomic E-state index is 11.5. The number of carbonyl (C=O) groups is 2. The van der Waals surface area contributed by atoms with Gasteiger partial charge in [-0.25, -0.2) is 4.79 Å². The van der Waals surface area contributed by atoms with Crippen LogP contribution in [0.25, 0.3) is 0 Å². The Labute approximate surface area is 101 Å². The Hall–Kier alpha value is -0.770. The van der Waals surface area contributed by atoms with Crippen LogP contribution in [0.1, 0.15) is 39.5 Å². The Kier molecular flexibility index (Phi) is 5.06. The quantitative estimate of drug-likeness (QED) is 0.733. The number of rotatable bonds is 2. The van der Waals surface area contributed by atoms with E-state index in [2.05, 4.69) is 17.6 Å². The molecule has 2 N–H and O–H groups in total. The predicted molar refractivity (Wildman–Crippen MR) is 63.4 cm³/mol. The molecular formula is C11H19ClN2O2. The monoisotopic (exact) mass is 246 g/mol. The Morgan fingerprint density at radius 1 is 1.31 bits per heavy atom. The molecule has 0 radical (unpaired) electrons. The molecule has 1 fully saturated rings. The molecule has 0 aromatic carbocycles. The van der Waals surface area contributed by atoms with Gasteiger partial charge < -0.3 is 5.32 Å². The van der Waals surface area contributed by atoms with Crippen molar-refractivity contribution < 1.29 is 9.59 Å². The second-order valence-electron chi connectivity index (χ2n) is 4.45. The van der Waals surface area contributed by atoms with Crippen LogP contribution in [0.4, 0.5) is 4.79 Å². The van der Waals surface area contributed by atoms with Gasteiger partial charge in [-0.2, -0.15) is 0 Å². The third kappa shape index (κ3) is 4.00. The van der Waals surface area contributed by atoms with Crippen molar-refractivity contribution in [2.24, 2.45) is 5.92 Å². The SMILES string of the molecule is CC(Cl)C(=O)NC(=O)NC1CCCCC1C. The lowest BCUT2D eigenvalue weighted by molar-refractivity contribution is -0.119. The minimum absolute atomic E-state index is 0.173. The van der Waals surface area contributed by atoms with E-state index in [1.165, 1.54) is 13.3 Å². The van der Waals surface area contributed by atoms with Gasteiger partial charge in [0.25, 0.3) is 0 Å². The van der Waals surface area contributed by atoms with E-state index in [4.69, 9.17) is 11.6 Å². The number of amides is 3. The zero-order chi connectivity index (χ0) is 12.1. The fourth-order valence-electron chi connectivity index (χ4n) is 1.95. The highest BCUT2D eigenvalue weighted by Gasteiger charge is 2.23. The molecule has 92 valence electrons. The molecule has 3 amide bonds. The van der Waals surface area contributed by atoms with Crippen molar-refractivity contribution in [3.8, 4) is 0 Å². The summed E-state index contributed by atoms with van der Waals surface area (Å²) < 4.78 is 0. The summed E-state index contributed by atoms with van der Waals surface area (Å²) >= 11 is 5.55.